The molecule has 3 rings (SSSR count). The van der Waals surface area contributed by atoms with Gasteiger partial charge in [-0.2, -0.15) is 5.10 Å². The van der Waals surface area contributed by atoms with Gasteiger partial charge in [0.1, 0.15) is 0 Å². The molecule has 1 aliphatic rings. The van der Waals surface area contributed by atoms with Crippen molar-refractivity contribution in [1.82, 2.24) is 14.9 Å². The lowest BCUT2D eigenvalue weighted by Crippen LogP contribution is -2.32. The molecule has 8 heteroatoms. The molecule has 0 aliphatic carbocycles. The van der Waals surface area contributed by atoms with Crippen molar-refractivity contribution in [3.05, 3.63) is 51.8 Å². The van der Waals surface area contributed by atoms with Crippen molar-refractivity contribution in [3.63, 3.8) is 0 Å². The van der Waals surface area contributed by atoms with E-state index in [1.54, 1.807) is 26.0 Å². The van der Waals surface area contributed by atoms with Crippen LogP contribution >= 0.6 is 0 Å². The molecule has 0 spiro atoms. The lowest BCUT2D eigenvalue weighted by molar-refractivity contribution is 0.0976. The normalized spacial score (nSPS) is 13.8. The molecule has 0 unspecified atom stereocenters. The molecule has 0 saturated carbocycles. The van der Waals surface area contributed by atoms with Crippen molar-refractivity contribution in [3.8, 4) is 0 Å². The summed E-state index contributed by atoms with van der Waals surface area (Å²) in [4.78, 5) is 12.1. The van der Waals surface area contributed by atoms with E-state index in [1.165, 1.54) is 0 Å². The zero-order chi connectivity index (χ0) is 16.6. The monoisotopic (exact) mass is 335 g/mol. The van der Waals surface area contributed by atoms with Crippen molar-refractivity contribution in [2.75, 3.05) is 0 Å². The number of rotatable bonds is 4. The number of carbonyl (C=O) groups excluding carboxylic acids is 1. The molecule has 0 bridgehead atoms. The highest BCUT2D eigenvalue weighted by atomic mass is 32.2. The summed E-state index contributed by atoms with van der Waals surface area (Å²) in [5, 5.41) is 6.50. The number of aromatic amines is 1. The number of hydrogen-bond donors (Lipinski definition) is 2. The SMILES string of the molecule is Cc1[nH]nc(C(=O)NS(=O)(=O)Cc2ccc3c(c2)COC3)c1C. The van der Waals surface area contributed by atoms with Crippen LogP contribution < -0.4 is 4.72 Å². The molecule has 1 amide bonds. The molecule has 0 fully saturated rings. The Balaban J connectivity index is 1.74. The van der Waals surface area contributed by atoms with Gasteiger partial charge in [0.25, 0.3) is 5.91 Å². The fraction of sp³-hybridized carbons (Fsp3) is 0.333. The summed E-state index contributed by atoms with van der Waals surface area (Å²) in [6.07, 6.45) is 0. The van der Waals surface area contributed by atoms with Crippen molar-refractivity contribution in [2.24, 2.45) is 0 Å². The van der Waals surface area contributed by atoms with Crippen LogP contribution in [0.15, 0.2) is 18.2 Å². The molecule has 122 valence electrons. The molecule has 2 N–H and O–H groups in total. The van der Waals surface area contributed by atoms with E-state index in [4.69, 9.17) is 4.74 Å². The molecule has 23 heavy (non-hydrogen) atoms. The number of amides is 1. The van der Waals surface area contributed by atoms with Crippen LogP contribution in [0.2, 0.25) is 0 Å². The highest BCUT2D eigenvalue weighted by Crippen LogP contribution is 2.21. The summed E-state index contributed by atoms with van der Waals surface area (Å²) in [5.41, 5.74) is 4.12. The van der Waals surface area contributed by atoms with E-state index in [9.17, 15) is 13.2 Å². The van der Waals surface area contributed by atoms with E-state index in [-0.39, 0.29) is 11.4 Å². The average Bonchev–Trinajstić information content (AvgIpc) is 3.05. The molecule has 0 atom stereocenters. The summed E-state index contributed by atoms with van der Waals surface area (Å²) in [5.74, 6) is -0.995. The Morgan fingerprint density at radius 1 is 1.30 bits per heavy atom. The average molecular weight is 335 g/mol. The van der Waals surface area contributed by atoms with Crippen LogP contribution in [0.25, 0.3) is 0 Å². The van der Waals surface area contributed by atoms with Crippen molar-refractivity contribution < 1.29 is 17.9 Å². The Kier molecular flexibility index (Phi) is 3.95. The maximum Gasteiger partial charge on any atom is 0.285 e. The first-order chi connectivity index (χ1) is 10.9. The minimum absolute atomic E-state index is 0.0911. The van der Waals surface area contributed by atoms with E-state index in [0.29, 0.717) is 24.3 Å². The molecule has 2 aromatic rings. The van der Waals surface area contributed by atoms with Crippen molar-refractivity contribution in [2.45, 2.75) is 32.8 Å². The third-order valence-electron chi connectivity index (χ3n) is 3.86. The Bertz CT molecular complexity index is 871. The van der Waals surface area contributed by atoms with E-state index in [0.717, 1.165) is 16.8 Å². The number of hydrogen-bond acceptors (Lipinski definition) is 5. The fourth-order valence-corrected chi connectivity index (χ4v) is 3.54. The van der Waals surface area contributed by atoms with Gasteiger partial charge in [-0.05, 0) is 30.5 Å². The van der Waals surface area contributed by atoms with Crippen molar-refractivity contribution >= 4 is 15.9 Å². The quantitative estimate of drug-likeness (QED) is 0.877. The van der Waals surface area contributed by atoms with Crippen LogP contribution in [-0.4, -0.2) is 24.5 Å². The van der Waals surface area contributed by atoms with Crippen LogP contribution in [0, 0.1) is 13.8 Å². The maximum absolute atomic E-state index is 12.2. The van der Waals surface area contributed by atoms with Crippen molar-refractivity contribution in [1.29, 1.82) is 0 Å². The first kappa shape index (κ1) is 15.7. The van der Waals surface area contributed by atoms with E-state index in [1.807, 2.05) is 6.07 Å². The van der Waals surface area contributed by atoms with Gasteiger partial charge in [-0.25, -0.2) is 13.1 Å². The van der Waals surface area contributed by atoms with Gasteiger partial charge in [-0.3, -0.25) is 9.89 Å². The number of sulfonamides is 1. The van der Waals surface area contributed by atoms with Gasteiger partial charge in [0.15, 0.2) is 5.69 Å². The zero-order valence-electron chi connectivity index (χ0n) is 12.8. The third-order valence-corrected chi connectivity index (χ3v) is 5.07. The van der Waals surface area contributed by atoms with Crippen LogP contribution in [0.3, 0.4) is 0 Å². The first-order valence-corrected chi connectivity index (χ1v) is 8.76. The largest absolute Gasteiger partial charge is 0.372 e. The number of ether oxygens (including phenoxy) is 1. The van der Waals surface area contributed by atoms with Crippen LogP contribution in [0.4, 0.5) is 0 Å². The number of aryl methyl sites for hydroxylation is 1. The van der Waals surface area contributed by atoms with Gasteiger partial charge in [0.2, 0.25) is 10.0 Å². The number of fused-ring (bicyclic) bond motifs is 1. The summed E-state index contributed by atoms with van der Waals surface area (Å²) in [6, 6.07) is 5.40. The smallest absolute Gasteiger partial charge is 0.285 e. The molecule has 1 aliphatic heterocycles. The van der Waals surface area contributed by atoms with Crippen LogP contribution in [0.5, 0.6) is 0 Å². The van der Waals surface area contributed by atoms with Gasteiger partial charge >= 0.3 is 0 Å². The minimum Gasteiger partial charge on any atom is -0.372 e. The van der Waals surface area contributed by atoms with Crippen LogP contribution in [0.1, 0.15) is 38.4 Å². The number of nitrogens with one attached hydrogen (secondary N) is 2. The Hall–Kier alpha value is -2.19. The van der Waals surface area contributed by atoms with Gasteiger partial charge in [0.05, 0.1) is 19.0 Å². The molecule has 1 aromatic carbocycles. The minimum atomic E-state index is -3.80. The molecule has 0 radical (unpaired) electrons. The molecule has 2 heterocycles. The Morgan fingerprint density at radius 3 is 2.74 bits per heavy atom. The third kappa shape index (κ3) is 3.27. The Morgan fingerprint density at radius 2 is 2.04 bits per heavy atom. The predicted octanol–water partition coefficient (Wildman–Crippen LogP) is 1.32. The molecule has 7 nitrogen and oxygen atoms in total. The molecule has 0 saturated heterocycles. The summed E-state index contributed by atoms with van der Waals surface area (Å²) >= 11 is 0. The van der Waals surface area contributed by atoms with Crippen LogP contribution in [-0.2, 0) is 33.7 Å². The number of benzene rings is 1. The maximum atomic E-state index is 12.2. The second kappa shape index (κ2) is 5.78. The lowest BCUT2D eigenvalue weighted by Gasteiger charge is -2.07. The number of aromatic nitrogens is 2. The van der Waals surface area contributed by atoms with Gasteiger partial charge in [-0.1, -0.05) is 18.2 Å². The first-order valence-electron chi connectivity index (χ1n) is 7.10. The van der Waals surface area contributed by atoms with Gasteiger partial charge < -0.3 is 4.74 Å². The lowest BCUT2D eigenvalue weighted by atomic mass is 10.1. The summed E-state index contributed by atoms with van der Waals surface area (Å²) < 4.78 is 31.8. The van der Waals surface area contributed by atoms with Gasteiger partial charge in [0, 0.05) is 11.3 Å². The predicted molar refractivity (Wildman–Crippen MR) is 83.1 cm³/mol. The second-order valence-electron chi connectivity index (χ2n) is 5.61. The summed E-state index contributed by atoms with van der Waals surface area (Å²) in [7, 11) is -3.80. The van der Waals surface area contributed by atoms with E-state index < -0.39 is 15.9 Å². The highest BCUT2D eigenvalue weighted by Gasteiger charge is 2.22. The van der Waals surface area contributed by atoms with E-state index >= 15 is 0 Å². The standard InChI is InChI=1S/C15H17N3O4S/c1-9-10(2)16-17-14(9)15(19)18-23(20,21)8-11-3-4-12-6-22-7-13(12)5-11/h3-5H,6-8H2,1-2H3,(H,16,17)(H,18,19). The number of H-pyrrole nitrogens is 1. The summed E-state index contributed by atoms with van der Waals surface area (Å²) in [6.45, 7) is 4.51. The highest BCUT2D eigenvalue weighted by molar-refractivity contribution is 7.89. The zero-order valence-corrected chi connectivity index (χ0v) is 13.7. The Labute approximate surface area is 134 Å². The van der Waals surface area contributed by atoms with Gasteiger partial charge in [-0.15, -0.1) is 0 Å². The molecular weight excluding hydrogens is 318 g/mol. The second-order valence-corrected chi connectivity index (χ2v) is 7.33. The molecule has 1 aromatic heterocycles. The van der Waals surface area contributed by atoms with E-state index in [2.05, 4.69) is 14.9 Å². The number of nitrogens with zero attached hydrogens (tertiary/aromatic N) is 1. The fourth-order valence-electron chi connectivity index (χ4n) is 2.47. The number of carbonyl (C=O) groups is 1. The molecular formula is C15H17N3O4S. The topological polar surface area (TPSA) is 101 Å².